The third-order valence-electron chi connectivity index (χ3n) is 5.02. The fraction of sp³-hybridized carbons (Fsp3) is 0.824. The van der Waals surface area contributed by atoms with E-state index in [9.17, 15) is 0 Å². The molecule has 1 atom stereocenters. The van der Waals surface area contributed by atoms with Gasteiger partial charge in [-0.05, 0) is 64.0 Å². The lowest BCUT2D eigenvalue weighted by Gasteiger charge is -2.45. The molecule has 1 heterocycles. The van der Waals surface area contributed by atoms with E-state index in [-0.39, 0.29) is 5.60 Å². The van der Waals surface area contributed by atoms with Crippen LogP contribution in [0.25, 0.3) is 0 Å². The molecule has 4 heteroatoms. The Hall–Kier alpha value is -0.870. The Labute approximate surface area is 129 Å². The molecule has 0 bridgehead atoms. The van der Waals surface area contributed by atoms with Crippen molar-refractivity contribution in [2.24, 2.45) is 13.0 Å². The molecule has 2 rings (SSSR count). The predicted octanol–water partition coefficient (Wildman–Crippen LogP) is 2.93. The minimum Gasteiger partial charge on any atom is -0.374 e. The number of hydrogen-bond acceptors (Lipinski definition) is 3. The van der Waals surface area contributed by atoms with Crippen LogP contribution in [0, 0.1) is 5.92 Å². The highest BCUT2D eigenvalue weighted by atomic mass is 16.5. The summed E-state index contributed by atoms with van der Waals surface area (Å²) in [5.74, 6) is 0.842. The summed E-state index contributed by atoms with van der Waals surface area (Å²) >= 11 is 0. The topological polar surface area (TPSA) is 39.1 Å². The van der Waals surface area contributed by atoms with Gasteiger partial charge < -0.3 is 10.1 Å². The molecular formula is C17H31N3O. The predicted molar refractivity (Wildman–Crippen MR) is 86.4 cm³/mol. The van der Waals surface area contributed by atoms with Crippen LogP contribution < -0.4 is 5.32 Å². The van der Waals surface area contributed by atoms with E-state index in [0.29, 0.717) is 6.04 Å². The molecule has 1 aromatic heterocycles. The zero-order chi connectivity index (χ0) is 15.3. The Balaban J connectivity index is 2.01. The molecule has 0 radical (unpaired) electrons. The summed E-state index contributed by atoms with van der Waals surface area (Å²) in [6, 6.07) is 0.421. The summed E-state index contributed by atoms with van der Waals surface area (Å²) in [6.07, 6.45) is 11.2. The number of nitrogens with one attached hydrogen (secondary N) is 1. The van der Waals surface area contributed by atoms with Gasteiger partial charge in [0.05, 0.1) is 11.8 Å². The molecule has 1 aliphatic carbocycles. The first kappa shape index (κ1) is 16.5. The summed E-state index contributed by atoms with van der Waals surface area (Å²) in [4.78, 5) is 0. The summed E-state index contributed by atoms with van der Waals surface area (Å²) in [5, 5.41) is 7.80. The van der Waals surface area contributed by atoms with Gasteiger partial charge in [0.25, 0.3) is 0 Å². The Bertz CT molecular complexity index is 421. The minimum atomic E-state index is 0.0260. The van der Waals surface area contributed by atoms with E-state index in [1.807, 2.05) is 17.9 Å². The fourth-order valence-electron chi connectivity index (χ4n) is 3.71. The van der Waals surface area contributed by atoms with Crippen molar-refractivity contribution in [2.75, 3.05) is 13.7 Å². The highest BCUT2D eigenvalue weighted by molar-refractivity contribution is 5.06. The molecule has 4 nitrogen and oxygen atoms in total. The minimum absolute atomic E-state index is 0.0260. The summed E-state index contributed by atoms with van der Waals surface area (Å²) in [6.45, 7) is 5.28. The number of likely N-dealkylation sites (N-methyl/N-ethyl adjacent to an activating group) is 1. The van der Waals surface area contributed by atoms with Crippen molar-refractivity contribution in [1.82, 2.24) is 15.1 Å². The van der Waals surface area contributed by atoms with Crippen molar-refractivity contribution in [2.45, 2.75) is 64.0 Å². The van der Waals surface area contributed by atoms with Gasteiger partial charge in [-0.2, -0.15) is 5.10 Å². The first-order chi connectivity index (χ1) is 10.1. The molecule has 0 spiro atoms. The van der Waals surface area contributed by atoms with Gasteiger partial charge in [0.2, 0.25) is 0 Å². The normalized spacial score (nSPS) is 27.7. The zero-order valence-electron chi connectivity index (χ0n) is 14.1. The second-order valence-corrected chi connectivity index (χ2v) is 6.58. The highest BCUT2D eigenvalue weighted by Gasteiger charge is 2.41. The number of rotatable bonds is 7. The third-order valence-corrected chi connectivity index (χ3v) is 5.02. The third kappa shape index (κ3) is 4.07. The van der Waals surface area contributed by atoms with Crippen LogP contribution in [0.1, 0.15) is 51.5 Å². The van der Waals surface area contributed by atoms with Gasteiger partial charge in [-0.15, -0.1) is 0 Å². The number of hydrogen-bond donors (Lipinski definition) is 1. The van der Waals surface area contributed by atoms with E-state index in [2.05, 4.69) is 37.5 Å². The van der Waals surface area contributed by atoms with Gasteiger partial charge in [-0.1, -0.05) is 6.92 Å². The Kier molecular flexibility index (Phi) is 5.82. The van der Waals surface area contributed by atoms with Crippen molar-refractivity contribution in [3.63, 3.8) is 0 Å². The molecule has 0 amide bonds. The van der Waals surface area contributed by atoms with E-state index < -0.39 is 0 Å². The molecule has 1 N–H and O–H groups in total. The van der Waals surface area contributed by atoms with Crippen LogP contribution in [-0.4, -0.2) is 35.1 Å². The number of aromatic nitrogens is 2. The SMILES string of the molecule is CCOC1(C(CCc2cnn(C)c2)NC)CCC(C)CC1. The van der Waals surface area contributed by atoms with Crippen LogP contribution in [-0.2, 0) is 18.2 Å². The largest absolute Gasteiger partial charge is 0.374 e. The Morgan fingerprint density at radius 1 is 1.48 bits per heavy atom. The Morgan fingerprint density at radius 3 is 2.71 bits per heavy atom. The van der Waals surface area contributed by atoms with E-state index in [1.54, 1.807) is 0 Å². The molecule has 1 aliphatic rings. The van der Waals surface area contributed by atoms with Crippen LogP contribution >= 0.6 is 0 Å². The lowest BCUT2D eigenvalue weighted by Crippen LogP contribution is -2.53. The van der Waals surface area contributed by atoms with E-state index in [0.717, 1.165) is 25.4 Å². The maximum Gasteiger partial charge on any atom is 0.0834 e. The Morgan fingerprint density at radius 2 is 2.19 bits per heavy atom. The monoisotopic (exact) mass is 293 g/mol. The van der Waals surface area contributed by atoms with Crippen LogP contribution in [0.2, 0.25) is 0 Å². The molecule has 0 aromatic carbocycles. The average molecular weight is 293 g/mol. The zero-order valence-corrected chi connectivity index (χ0v) is 14.1. The lowest BCUT2D eigenvalue weighted by atomic mass is 9.74. The second-order valence-electron chi connectivity index (χ2n) is 6.58. The maximum absolute atomic E-state index is 6.28. The molecule has 120 valence electrons. The van der Waals surface area contributed by atoms with Crippen LogP contribution in [0.15, 0.2) is 12.4 Å². The summed E-state index contributed by atoms with van der Waals surface area (Å²) in [5.41, 5.74) is 1.34. The van der Waals surface area contributed by atoms with E-state index >= 15 is 0 Å². The van der Waals surface area contributed by atoms with Crippen molar-refractivity contribution >= 4 is 0 Å². The number of ether oxygens (including phenoxy) is 1. The molecule has 21 heavy (non-hydrogen) atoms. The standard InChI is InChI=1S/C17H31N3O/c1-5-21-17(10-8-14(2)9-11-17)16(18-3)7-6-15-12-19-20(4)13-15/h12-14,16,18H,5-11H2,1-4H3. The first-order valence-corrected chi connectivity index (χ1v) is 8.38. The van der Waals surface area contributed by atoms with Gasteiger partial charge in [0.15, 0.2) is 0 Å². The van der Waals surface area contributed by atoms with Crippen LogP contribution in [0.5, 0.6) is 0 Å². The molecule has 0 saturated heterocycles. The van der Waals surface area contributed by atoms with Crippen LogP contribution in [0.3, 0.4) is 0 Å². The van der Waals surface area contributed by atoms with Gasteiger partial charge in [-0.25, -0.2) is 0 Å². The van der Waals surface area contributed by atoms with Crippen molar-refractivity contribution < 1.29 is 4.74 Å². The van der Waals surface area contributed by atoms with E-state index in [4.69, 9.17) is 4.74 Å². The molecule has 1 fully saturated rings. The molecule has 0 aliphatic heterocycles. The lowest BCUT2D eigenvalue weighted by molar-refractivity contribution is -0.0963. The first-order valence-electron chi connectivity index (χ1n) is 8.38. The van der Waals surface area contributed by atoms with Gasteiger partial charge >= 0.3 is 0 Å². The van der Waals surface area contributed by atoms with Crippen molar-refractivity contribution in [1.29, 1.82) is 0 Å². The van der Waals surface area contributed by atoms with Crippen LogP contribution in [0.4, 0.5) is 0 Å². The second kappa shape index (κ2) is 7.41. The maximum atomic E-state index is 6.28. The quantitative estimate of drug-likeness (QED) is 0.840. The molecule has 1 saturated carbocycles. The van der Waals surface area contributed by atoms with Gasteiger partial charge in [0.1, 0.15) is 0 Å². The smallest absolute Gasteiger partial charge is 0.0834 e. The molecule has 1 unspecified atom stereocenters. The highest BCUT2D eigenvalue weighted by Crippen LogP contribution is 2.38. The molecular weight excluding hydrogens is 262 g/mol. The van der Waals surface area contributed by atoms with Crippen molar-refractivity contribution in [3.05, 3.63) is 18.0 Å². The summed E-state index contributed by atoms with van der Waals surface area (Å²) < 4.78 is 8.16. The fourth-order valence-corrected chi connectivity index (χ4v) is 3.71. The van der Waals surface area contributed by atoms with Crippen molar-refractivity contribution in [3.8, 4) is 0 Å². The number of aryl methyl sites for hydroxylation is 2. The van der Waals surface area contributed by atoms with Gasteiger partial charge in [0, 0.05) is 25.9 Å². The van der Waals surface area contributed by atoms with Gasteiger partial charge in [-0.3, -0.25) is 4.68 Å². The molecule has 1 aromatic rings. The average Bonchev–Trinajstić information content (AvgIpc) is 2.88. The van der Waals surface area contributed by atoms with E-state index in [1.165, 1.54) is 31.2 Å². The number of nitrogens with zero attached hydrogens (tertiary/aromatic N) is 2. The summed E-state index contributed by atoms with van der Waals surface area (Å²) in [7, 11) is 4.05.